The van der Waals surface area contributed by atoms with Gasteiger partial charge in [-0.15, -0.1) is 12.4 Å². The van der Waals surface area contributed by atoms with E-state index < -0.39 is 0 Å². The largest absolute Gasteiger partial charge is 0.325 e. The lowest BCUT2D eigenvalue weighted by atomic mass is 9.99. The second-order valence-electron chi connectivity index (χ2n) is 6.79. The molecule has 2 aliphatic heterocycles. The van der Waals surface area contributed by atoms with Crippen molar-refractivity contribution in [2.24, 2.45) is 5.92 Å². The van der Waals surface area contributed by atoms with Crippen LogP contribution in [0.1, 0.15) is 38.2 Å². The summed E-state index contributed by atoms with van der Waals surface area (Å²) in [4.78, 5) is 14.6. The van der Waals surface area contributed by atoms with E-state index in [9.17, 15) is 4.79 Å². The Hall–Kier alpha value is -1.10. The lowest BCUT2D eigenvalue weighted by molar-refractivity contribution is -0.117. The first kappa shape index (κ1) is 18.2. The van der Waals surface area contributed by atoms with E-state index in [2.05, 4.69) is 34.6 Å². The number of nitrogens with one attached hydrogen (secondary N) is 2. The number of piperidine rings is 1. The zero-order chi connectivity index (χ0) is 15.4. The third-order valence-electron chi connectivity index (χ3n) is 4.88. The Morgan fingerprint density at radius 2 is 1.91 bits per heavy atom. The summed E-state index contributed by atoms with van der Waals surface area (Å²) in [5.41, 5.74) is 2.22. The van der Waals surface area contributed by atoms with Gasteiger partial charge in [-0.2, -0.15) is 0 Å². The Morgan fingerprint density at radius 3 is 2.52 bits per heavy atom. The van der Waals surface area contributed by atoms with Crippen LogP contribution >= 0.6 is 12.4 Å². The molecular formula is C18H28ClN3O. The Labute approximate surface area is 145 Å². The van der Waals surface area contributed by atoms with Crippen molar-refractivity contribution in [1.29, 1.82) is 0 Å². The molecule has 1 atom stereocenters. The van der Waals surface area contributed by atoms with Crippen LogP contribution in [0.4, 0.5) is 5.69 Å². The first-order valence-electron chi connectivity index (χ1n) is 8.56. The second kappa shape index (κ2) is 8.67. The van der Waals surface area contributed by atoms with Crippen molar-refractivity contribution < 1.29 is 4.79 Å². The highest BCUT2D eigenvalue weighted by molar-refractivity contribution is 5.95. The zero-order valence-corrected chi connectivity index (χ0v) is 14.7. The third-order valence-corrected chi connectivity index (χ3v) is 4.88. The first-order valence-corrected chi connectivity index (χ1v) is 8.56. The molecule has 0 spiro atoms. The molecule has 0 radical (unpaired) electrons. The fourth-order valence-corrected chi connectivity index (χ4v) is 3.31. The van der Waals surface area contributed by atoms with Crippen LogP contribution in [-0.4, -0.2) is 36.5 Å². The van der Waals surface area contributed by atoms with Crippen LogP contribution < -0.4 is 10.6 Å². The predicted octanol–water partition coefficient (Wildman–Crippen LogP) is 3.03. The highest BCUT2D eigenvalue weighted by Crippen LogP contribution is 2.19. The van der Waals surface area contributed by atoms with E-state index in [1.165, 1.54) is 31.5 Å². The van der Waals surface area contributed by atoms with Gasteiger partial charge in [0.25, 0.3) is 0 Å². The van der Waals surface area contributed by atoms with Gasteiger partial charge < -0.3 is 10.6 Å². The van der Waals surface area contributed by atoms with Crippen molar-refractivity contribution in [3.05, 3.63) is 29.8 Å². The van der Waals surface area contributed by atoms with E-state index in [4.69, 9.17) is 0 Å². The molecule has 2 aliphatic rings. The quantitative estimate of drug-likeness (QED) is 0.887. The molecule has 2 fully saturated rings. The average molecular weight is 338 g/mol. The zero-order valence-electron chi connectivity index (χ0n) is 13.9. The molecule has 1 amide bonds. The summed E-state index contributed by atoms with van der Waals surface area (Å²) >= 11 is 0. The molecule has 23 heavy (non-hydrogen) atoms. The summed E-state index contributed by atoms with van der Waals surface area (Å²) < 4.78 is 0. The molecule has 0 saturated carbocycles. The number of benzene rings is 1. The lowest BCUT2D eigenvalue weighted by Gasteiger charge is -2.30. The number of halogens is 1. The van der Waals surface area contributed by atoms with Crippen molar-refractivity contribution >= 4 is 24.0 Å². The lowest BCUT2D eigenvalue weighted by Crippen LogP contribution is -2.35. The highest BCUT2D eigenvalue weighted by atomic mass is 35.5. The van der Waals surface area contributed by atoms with Gasteiger partial charge >= 0.3 is 0 Å². The molecule has 1 aromatic carbocycles. The average Bonchev–Trinajstić information content (AvgIpc) is 3.06. The van der Waals surface area contributed by atoms with Gasteiger partial charge in [0.2, 0.25) is 5.91 Å². The van der Waals surface area contributed by atoms with Gasteiger partial charge in [0, 0.05) is 12.2 Å². The van der Waals surface area contributed by atoms with Gasteiger partial charge in [0.05, 0.1) is 6.04 Å². The van der Waals surface area contributed by atoms with Gasteiger partial charge in [-0.25, -0.2) is 0 Å². The first-order chi connectivity index (χ1) is 10.7. The second-order valence-corrected chi connectivity index (χ2v) is 6.79. The number of nitrogens with zero attached hydrogens (tertiary/aromatic N) is 1. The predicted molar refractivity (Wildman–Crippen MR) is 97.0 cm³/mol. The Balaban J connectivity index is 0.00000192. The van der Waals surface area contributed by atoms with Gasteiger partial charge in [-0.1, -0.05) is 19.1 Å². The molecule has 3 rings (SSSR count). The van der Waals surface area contributed by atoms with E-state index in [1.54, 1.807) is 0 Å². The minimum atomic E-state index is -0.0185. The molecule has 0 aliphatic carbocycles. The normalized spacial score (nSPS) is 22.6. The number of hydrogen-bond acceptors (Lipinski definition) is 3. The SMILES string of the molecule is CC1CCN(Cc2ccc(NC(=O)[C@@H]3CCCN3)cc2)CC1.Cl. The maximum Gasteiger partial charge on any atom is 0.241 e. The summed E-state index contributed by atoms with van der Waals surface area (Å²) in [6.07, 6.45) is 4.65. The van der Waals surface area contributed by atoms with Gasteiger partial charge in [-0.05, 0) is 68.9 Å². The highest BCUT2D eigenvalue weighted by Gasteiger charge is 2.21. The summed E-state index contributed by atoms with van der Waals surface area (Å²) in [7, 11) is 0. The van der Waals surface area contributed by atoms with Gasteiger partial charge in [-0.3, -0.25) is 9.69 Å². The van der Waals surface area contributed by atoms with Crippen LogP contribution in [0.15, 0.2) is 24.3 Å². The maximum absolute atomic E-state index is 12.1. The summed E-state index contributed by atoms with van der Waals surface area (Å²) in [6, 6.07) is 8.30. The summed E-state index contributed by atoms with van der Waals surface area (Å²) in [5, 5.41) is 6.23. The van der Waals surface area contributed by atoms with Crippen molar-refractivity contribution in [1.82, 2.24) is 10.2 Å². The Bertz CT molecular complexity index is 491. The van der Waals surface area contributed by atoms with Crippen LogP contribution in [0.3, 0.4) is 0 Å². The maximum atomic E-state index is 12.1. The van der Waals surface area contributed by atoms with Gasteiger partial charge in [0.15, 0.2) is 0 Å². The number of rotatable bonds is 4. The fourth-order valence-electron chi connectivity index (χ4n) is 3.31. The van der Waals surface area contributed by atoms with Crippen LogP contribution in [0.5, 0.6) is 0 Å². The molecular weight excluding hydrogens is 310 g/mol. The molecule has 5 heteroatoms. The topological polar surface area (TPSA) is 44.4 Å². The van der Waals surface area contributed by atoms with E-state index in [-0.39, 0.29) is 24.4 Å². The fraction of sp³-hybridized carbons (Fsp3) is 0.611. The Morgan fingerprint density at radius 1 is 1.22 bits per heavy atom. The van der Waals surface area contributed by atoms with Crippen LogP contribution in [0.25, 0.3) is 0 Å². The minimum Gasteiger partial charge on any atom is -0.325 e. The number of hydrogen-bond donors (Lipinski definition) is 2. The molecule has 4 nitrogen and oxygen atoms in total. The number of likely N-dealkylation sites (tertiary alicyclic amines) is 1. The Kier molecular flexibility index (Phi) is 6.88. The molecule has 128 valence electrons. The number of carbonyl (C=O) groups excluding carboxylic acids is 1. The van der Waals surface area contributed by atoms with Crippen LogP contribution in [0.2, 0.25) is 0 Å². The molecule has 0 bridgehead atoms. The van der Waals surface area contributed by atoms with Crippen molar-refractivity contribution in [3.63, 3.8) is 0 Å². The summed E-state index contributed by atoms with van der Waals surface area (Å²) in [5.74, 6) is 0.966. The molecule has 1 aromatic rings. The van der Waals surface area contributed by atoms with Crippen LogP contribution in [-0.2, 0) is 11.3 Å². The van der Waals surface area contributed by atoms with Crippen molar-refractivity contribution in [2.45, 2.75) is 45.2 Å². The van der Waals surface area contributed by atoms with E-state index in [1.807, 2.05) is 12.1 Å². The van der Waals surface area contributed by atoms with Crippen LogP contribution in [0, 0.1) is 5.92 Å². The molecule has 2 saturated heterocycles. The van der Waals surface area contributed by atoms with Crippen molar-refractivity contribution in [2.75, 3.05) is 25.0 Å². The standard InChI is InChI=1S/C18H27N3O.ClH/c1-14-8-11-21(12-9-14)13-15-4-6-16(7-5-15)20-18(22)17-3-2-10-19-17;/h4-7,14,17,19H,2-3,8-13H2,1H3,(H,20,22);1H/t17-;/m0./s1. The summed E-state index contributed by atoms with van der Waals surface area (Å²) in [6.45, 7) is 6.71. The van der Waals surface area contributed by atoms with E-state index >= 15 is 0 Å². The number of carbonyl (C=O) groups is 1. The number of anilines is 1. The van der Waals surface area contributed by atoms with Gasteiger partial charge in [0.1, 0.15) is 0 Å². The van der Waals surface area contributed by atoms with E-state index in [0.29, 0.717) is 0 Å². The van der Waals surface area contributed by atoms with E-state index in [0.717, 1.165) is 37.5 Å². The van der Waals surface area contributed by atoms with Crippen molar-refractivity contribution in [3.8, 4) is 0 Å². The molecule has 0 unspecified atom stereocenters. The number of amides is 1. The molecule has 2 heterocycles. The minimum absolute atomic E-state index is 0. The smallest absolute Gasteiger partial charge is 0.241 e. The molecule has 0 aromatic heterocycles. The third kappa shape index (κ3) is 5.20. The monoisotopic (exact) mass is 337 g/mol. The molecule has 2 N–H and O–H groups in total.